The topological polar surface area (TPSA) is 20.3 Å². The van der Waals surface area contributed by atoms with E-state index < -0.39 is 0 Å². The highest BCUT2D eigenvalue weighted by atomic mass is 35.5. The van der Waals surface area contributed by atoms with Gasteiger partial charge in [0.05, 0.1) is 11.6 Å². The number of carbonyl (C=O) groups is 1. The van der Waals surface area contributed by atoms with E-state index in [0.717, 1.165) is 0 Å². The van der Waals surface area contributed by atoms with Crippen molar-refractivity contribution in [3.05, 3.63) is 46.0 Å². The molecule has 0 N–H and O–H groups in total. The largest absolute Gasteiger partial charge is 0.295 e. The van der Waals surface area contributed by atoms with Crippen molar-refractivity contribution in [1.82, 2.24) is 4.90 Å². The molecule has 118 valence electrons. The number of benzene rings is 1. The fraction of sp³-hybridized carbons (Fsp3) is 0.389. The lowest BCUT2D eigenvalue weighted by atomic mass is 9.98. The van der Waals surface area contributed by atoms with Crippen LogP contribution in [0.4, 0.5) is 0 Å². The maximum Gasteiger partial charge on any atom is 0.178 e. The minimum absolute atomic E-state index is 0.00244. The molecule has 0 saturated carbocycles. The molecule has 0 bridgehead atoms. The Morgan fingerprint density at radius 2 is 2.00 bits per heavy atom. The zero-order valence-corrected chi connectivity index (χ0v) is 14.9. The average Bonchev–Trinajstić information content (AvgIpc) is 2.36. The lowest BCUT2D eigenvalue weighted by Gasteiger charge is -2.13. The van der Waals surface area contributed by atoms with Gasteiger partial charge in [-0.25, -0.2) is 0 Å². The maximum atomic E-state index is 12.2. The second kappa shape index (κ2) is 8.39. The summed E-state index contributed by atoms with van der Waals surface area (Å²) in [6.45, 7) is 7.13. The van der Waals surface area contributed by atoms with Crippen LogP contribution < -0.4 is 0 Å². The van der Waals surface area contributed by atoms with Gasteiger partial charge in [0.25, 0.3) is 0 Å². The summed E-state index contributed by atoms with van der Waals surface area (Å²) in [5.41, 5.74) is 0.492. The molecular weight excluding hydrogens is 317 g/mol. The second-order valence-electron chi connectivity index (χ2n) is 6.17. The highest BCUT2D eigenvalue weighted by Crippen LogP contribution is 2.21. The number of ketones is 1. The van der Waals surface area contributed by atoms with Gasteiger partial charge in [-0.3, -0.25) is 9.69 Å². The Morgan fingerprint density at radius 3 is 2.59 bits per heavy atom. The molecule has 1 aromatic rings. The number of allylic oxidation sites excluding steroid dienone is 1. The first-order chi connectivity index (χ1) is 10.2. The van der Waals surface area contributed by atoms with Crippen molar-refractivity contribution in [2.45, 2.75) is 20.8 Å². The molecular formula is C18H21Cl2NO. The Kier molecular flexibility index (Phi) is 7.16. The summed E-state index contributed by atoms with van der Waals surface area (Å²) in [6.07, 6.45) is 3.76. The van der Waals surface area contributed by atoms with Gasteiger partial charge in [0.2, 0.25) is 0 Å². The van der Waals surface area contributed by atoms with E-state index in [1.165, 1.54) is 0 Å². The van der Waals surface area contributed by atoms with Crippen LogP contribution >= 0.6 is 23.2 Å². The molecule has 0 aromatic heterocycles. The summed E-state index contributed by atoms with van der Waals surface area (Å²) in [6, 6.07) is 4.91. The van der Waals surface area contributed by atoms with Gasteiger partial charge in [-0.2, -0.15) is 0 Å². The number of carbonyl (C=O) groups excluding carboxylic acids is 1. The molecule has 0 saturated heterocycles. The highest BCUT2D eigenvalue weighted by Gasteiger charge is 2.12. The second-order valence-corrected chi connectivity index (χ2v) is 7.01. The van der Waals surface area contributed by atoms with E-state index in [2.05, 4.69) is 32.6 Å². The first-order valence-electron chi connectivity index (χ1n) is 7.03. The monoisotopic (exact) mass is 337 g/mol. The van der Waals surface area contributed by atoms with Gasteiger partial charge >= 0.3 is 0 Å². The van der Waals surface area contributed by atoms with Crippen LogP contribution in [0.2, 0.25) is 10.0 Å². The maximum absolute atomic E-state index is 12.2. The van der Waals surface area contributed by atoms with Gasteiger partial charge in [0.15, 0.2) is 5.78 Å². The number of Topliss-reactive ketones (excluding diaryl/α,β-unsaturated/α-hetero) is 1. The van der Waals surface area contributed by atoms with Crippen molar-refractivity contribution in [2.24, 2.45) is 5.41 Å². The van der Waals surface area contributed by atoms with Crippen LogP contribution in [0.25, 0.3) is 0 Å². The SMILES string of the molecule is CN(C/C=C/C#CC(C)(C)C)CC(=O)c1ccc(Cl)cc1Cl. The van der Waals surface area contributed by atoms with Crippen molar-refractivity contribution in [3.8, 4) is 11.8 Å². The number of rotatable bonds is 5. The molecule has 0 amide bonds. The number of nitrogens with zero attached hydrogens (tertiary/aromatic N) is 1. The minimum Gasteiger partial charge on any atom is -0.295 e. The van der Waals surface area contributed by atoms with Crippen molar-refractivity contribution in [1.29, 1.82) is 0 Å². The van der Waals surface area contributed by atoms with Crippen LogP contribution in [0.3, 0.4) is 0 Å². The third-order valence-corrected chi connectivity index (χ3v) is 3.26. The molecule has 4 heteroatoms. The van der Waals surface area contributed by atoms with Crippen molar-refractivity contribution >= 4 is 29.0 Å². The number of hydrogen-bond donors (Lipinski definition) is 0. The van der Waals surface area contributed by atoms with Gasteiger partial charge in [0.1, 0.15) is 0 Å². The van der Waals surface area contributed by atoms with Crippen molar-refractivity contribution in [3.63, 3.8) is 0 Å². The smallest absolute Gasteiger partial charge is 0.178 e. The van der Waals surface area contributed by atoms with Crippen LogP contribution in [0.15, 0.2) is 30.4 Å². The molecule has 0 fully saturated rings. The quantitative estimate of drug-likeness (QED) is 0.572. The van der Waals surface area contributed by atoms with E-state index >= 15 is 0 Å². The minimum atomic E-state index is -0.0293. The Balaban J connectivity index is 2.54. The van der Waals surface area contributed by atoms with Crippen LogP contribution in [0, 0.1) is 17.3 Å². The van der Waals surface area contributed by atoms with Crippen LogP contribution in [0.5, 0.6) is 0 Å². The first kappa shape index (κ1) is 18.8. The Morgan fingerprint density at radius 1 is 1.32 bits per heavy atom. The summed E-state index contributed by atoms with van der Waals surface area (Å²) in [4.78, 5) is 14.1. The van der Waals surface area contributed by atoms with Gasteiger partial charge < -0.3 is 0 Å². The number of likely N-dealkylation sites (N-methyl/N-ethyl adjacent to an activating group) is 1. The van der Waals surface area contributed by atoms with Crippen molar-refractivity contribution < 1.29 is 4.79 Å². The van der Waals surface area contributed by atoms with Crippen LogP contribution in [0.1, 0.15) is 31.1 Å². The zero-order chi connectivity index (χ0) is 16.8. The molecule has 0 atom stereocenters. The van der Waals surface area contributed by atoms with Gasteiger partial charge in [0, 0.05) is 22.5 Å². The summed E-state index contributed by atoms with van der Waals surface area (Å²) in [7, 11) is 1.88. The van der Waals surface area contributed by atoms with E-state index in [-0.39, 0.29) is 11.2 Å². The van der Waals surface area contributed by atoms with E-state index in [9.17, 15) is 4.79 Å². The molecule has 22 heavy (non-hydrogen) atoms. The predicted molar refractivity (Wildman–Crippen MR) is 94.7 cm³/mol. The third-order valence-electron chi connectivity index (χ3n) is 2.71. The average molecular weight is 338 g/mol. The molecule has 0 radical (unpaired) electrons. The highest BCUT2D eigenvalue weighted by molar-refractivity contribution is 6.36. The zero-order valence-electron chi connectivity index (χ0n) is 13.4. The van der Waals surface area contributed by atoms with Crippen LogP contribution in [-0.4, -0.2) is 30.8 Å². The standard InChI is InChI=1S/C18H21Cl2NO/c1-18(2,3)10-6-5-7-11-21(4)13-17(22)15-9-8-14(19)12-16(15)20/h5,7-9,12H,11,13H2,1-4H3/b7-5+. The predicted octanol–water partition coefficient (Wildman–Crippen LogP) is 4.71. The van der Waals surface area contributed by atoms with E-state index in [1.807, 2.05) is 24.1 Å². The number of halogens is 2. The molecule has 0 unspecified atom stereocenters. The molecule has 1 aromatic carbocycles. The molecule has 0 aliphatic rings. The summed E-state index contributed by atoms with van der Waals surface area (Å²) in [5, 5.41) is 0.910. The van der Waals surface area contributed by atoms with E-state index in [4.69, 9.17) is 23.2 Å². The Labute approximate surface area is 143 Å². The summed E-state index contributed by atoms with van der Waals surface area (Å²) in [5.74, 6) is 6.10. The fourth-order valence-corrected chi connectivity index (χ4v) is 2.17. The molecule has 2 nitrogen and oxygen atoms in total. The Hall–Kier alpha value is -1.27. The molecule has 0 aliphatic heterocycles. The first-order valence-corrected chi connectivity index (χ1v) is 7.79. The van der Waals surface area contributed by atoms with Gasteiger partial charge in [-0.05, 0) is 52.1 Å². The van der Waals surface area contributed by atoms with Crippen LogP contribution in [-0.2, 0) is 0 Å². The summed E-state index contributed by atoms with van der Waals surface area (Å²) >= 11 is 11.9. The normalized spacial score (nSPS) is 11.6. The molecule has 0 spiro atoms. The van der Waals surface area contributed by atoms with Crippen molar-refractivity contribution in [2.75, 3.05) is 20.1 Å². The van der Waals surface area contributed by atoms with E-state index in [1.54, 1.807) is 18.2 Å². The molecule has 0 aliphatic carbocycles. The Bertz CT molecular complexity index is 618. The van der Waals surface area contributed by atoms with Gasteiger partial charge in [-0.15, -0.1) is 0 Å². The summed E-state index contributed by atoms with van der Waals surface area (Å²) < 4.78 is 0. The molecule has 0 heterocycles. The molecule has 1 rings (SSSR count). The third kappa shape index (κ3) is 7.13. The lowest BCUT2D eigenvalue weighted by molar-refractivity contribution is 0.0952. The lowest BCUT2D eigenvalue weighted by Crippen LogP contribution is -2.26. The fourth-order valence-electron chi connectivity index (χ4n) is 1.66. The van der Waals surface area contributed by atoms with E-state index in [0.29, 0.717) is 28.7 Å². The van der Waals surface area contributed by atoms with Gasteiger partial charge in [-0.1, -0.05) is 41.1 Å². The number of hydrogen-bond acceptors (Lipinski definition) is 2.